The number of esters is 1. The van der Waals surface area contributed by atoms with Gasteiger partial charge in [0.1, 0.15) is 5.69 Å². The Bertz CT molecular complexity index is 592. The van der Waals surface area contributed by atoms with Crippen molar-refractivity contribution in [2.45, 2.75) is 13.0 Å². The van der Waals surface area contributed by atoms with Gasteiger partial charge in [-0.25, -0.2) is 4.79 Å². The summed E-state index contributed by atoms with van der Waals surface area (Å²) in [7, 11) is 0. The van der Waals surface area contributed by atoms with E-state index in [1.807, 2.05) is 6.07 Å². The van der Waals surface area contributed by atoms with Crippen molar-refractivity contribution < 1.29 is 14.3 Å². The van der Waals surface area contributed by atoms with E-state index in [9.17, 15) is 9.59 Å². The van der Waals surface area contributed by atoms with Crippen molar-refractivity contribution in [1.29, 1.82) is 0 Å². The second kappa shape index (κ2) is 5.71. The number of H-pyrrole nitrogens is 1. The van der Waals surface area contributed by atoms with Crippen molar-refractivity contribution >= 4 is 23.4 Å². The average molecular weight is 278 g/mol. The molecule has 98 valence electrons. The molecule has 1 N–H and O–H groups in total. The Kier molecular flexibility index (Phi) is 4.02. The number of ketones is 1. The molecule has 0 saturated heterocycles. The van der Waals surface area contributed by atoms with Crippen LogP contribution < -0.4 is 0 Å². The maximum atomic E-state index is 12.0. The molecule has 0 bridgehead atoms. The minimum Gasteiger partial charge on any atom is -0.450 e. The first-order chi connectivity index (χ1) is 9.08. The van der Waals surface area contributed by atoms with E-state index in [2.05, 4.69) is 4.98 Å². The number of nitrogens with one attached hydrogen (secondary N) is 1. The molecule has 2 rings (SSSR count). The summed E-state index contributed by atoms with van der Waals surface area (Å²) >= 11 is 5.69. The van der Waals surface area contributed by atoms with Crippen LogP contribution in [0.5, 0.6) is 0 Å². The molecule has 1 unspecified atom stereocenters. The molecule has 0 aliphatic carbocycles. The molecule has 1 aromatic carbocycles. The fraction of sp³-hybridized carbons (Fsp3) is 0.143. The molecular weight excluding hydrogens is 266 g/mol. The Hall–Kier alpha value is -2.07. The smallest absolute Gasteiger partial charge is 0.355 e. The summed E-state index contributed by atoms with van der Waals surface area (Å²) in [6.07, 6.45) is 0.624. The number of Topliss-reactive ketones (excluding diaryl/α,β-unsaturated/α-hetero) is 1. The maximum absolute atomic E-state index is 12.0. The maximum Gasteiger partial charge on any atom is 0.355 e. The van der Waals surface area contributed by atoms with Crippen molar-refractivity contribution in [3.8, 4) is 0 Å². The van der Waals surface area contributed by atoms with E-state index in [1.54, 1.807) is 24.3 Å². The molecule has 1 atom stereocenters. The monoisotopic (exact) mass is 277 g/mol. The fourth-order valence-corrected chi connectivity index (χ4v) is 1.76. The minimum absolute atomic E-state index is 0.220. The highest BCUT2D eigenvalue weighted by Gasteiger charge is 2.20. The summed E-state index contributed by atoms with van der Waals surface area (Å²) in [5.74, 6) is -0.852. The zero-order valence-corrected chi connectivity index (χ0v) is 11.0. The van der Waals surface area contributed by atoms with Crippen LogP contribution in [0.15, 0.2) is 42.6 Å². The fourth-order valence-electron chi connectivity index (χ4n) is 1.60. The standard InChI is InChI=1S/C14H12ClNO3/c1-9(13(17)10-5-3-2-4-6-10)19-14(18)12-7-11(15)8-16-12/h2-9,16H,1H3. The number of hydrogen-bond acceptors (Lipinski definition) is 3. The predicted molar refractivity (Wildman–Crippen MR) is 71.5 cm³/mol. The summed E-state index contributed by atoms with van der Waals surface area (Å²) in [6.45, 7) is 1.54. The van der Waals surface area contributed by atoms with Gasteiger partial charge in [0.2, 0.25) is 5.78 Å². The van der Waals surface area contributed by atoms with E-state index < -0.39 is 12.1 Å². The summed E-state index contributed by atoms with van der Waals surface area (Å²) in [4.78, 5) is 26.4. The lowest BCUT2D eigenvalue weighted by atomic mass is 10.1. The quantitative estimate of drug-likeness (QED) is 0.690. The summed E-state index contributed by atoms with van der Waals surface area (Å²) in [5.41, 5.74) is 0.727. The van der Waals surface area contributed by atoms with Crippen molar-refractivity contribution in [2.24, 2.45) is 0 Å². The van der Waals surface area contributed by atoms with Crippen LogP contribution in [-0.2, 0) is 4.74 Å². The van der Waals surface area contributed by atoms with Gasteiger partial charge in [0.25, 0.3) is 0 Å². The second-order valence-corrected chi connectivity index (χ2v) is 4.45. The number of hydrogen-bond donors (Lipinski definition) is 1. The number of carbonyl (C=O) groups excluding carboxylic acids is 2. The molecule has 1 aromatic heterocycles. The van der Waals surface area contributed by atoms with Gasteiger partial charge in [-0.1, -0.05) is 41.9 Å². The third-order valence-electron chi connectivity index (χ3n) is 2.58. The lowest BCUT2D eigenvalue weighted by Gasteiger charge is -2.11. The Balaban J connectivity index is 2.03. The van der Waals surface area contributed by atoms with Crippen molar-refractivity contribution in [3.05, 3.63) is 58.9 Å². The Morgan fingerprint density at radius 1 is 1.26 bits per heavy atom. The largest absolute Gasteiger partial charge is 0.450 e. The zero-order valence-electron chi connectivity index (χ0n) is 10.2. The zero-order chi connectivity index (χ0) is 13.8. The summed E-state index contributed by atoms with van der Waals surface area (Å²) < 4.78 is 5.09. The van der Waals surface area contributed by atoms with Gasteiger partial charge < -0.3 is 9.72 Å². The van der Waals surface area contributed by atoms with Crippen LogP contribution in [0.25, 0.3) is 0 Å². The van der Waals surface area contributed by atoms with Gasteiger partial charge in [0.15, 0.2) is 6.10 Å². The number of rotatable bonds is 4. The molecule has 0 saturated carbocycles. The number of aromatic amines is 1. The molecule has 5 heteroatoms. The van der Waals surface area contributed by atoms with Crippen LogP contribution in [0.3, 0.4) is 0 Å². The first-order valence-electron chi connectivity index (χ1n) is 5.72. The number of carbonyl (C=O) groups is 2. The van der Waals surface area contributed by atoms with Gasteiger partial charge in [-0.2, -0.15) is 0 Å². The van der Waals surface area contributed by atoms with E-state index in [1.165, 1.54) is 19.2 Å². The normalized spacial score (nSPS) is 11.9. The molecule has 0 aliphatic heterocycles. The molecule has 1 heterocycles. The van der Waals surface area contributed by atoms with Crippen molar-refractivity contribution in [1.82, 2.24) is 4.98 Å². The first-order valence-corrected chi connectivity index (χ1v) is 6.10. The molecule has 0 fully saturated rings. The molecule has 2 aromatic rings. The summed E-state index contributed by atoms with van der Waals surface area (Å²) in [6, 6.07) is 10.1. The van der Waals surface area contributed by atoms with Gasteiger partial charge in [0.05, 0.1) is 5.02 Å². The Morgan fingerprint density at radius 2 is 1.95 bits per heavy atom. The molecular formula is C14H12ClNO3. The first kappa shape index (κ1) is 13.4. The lowest BCUT2D eigenvalue weighted by Crippen LogP contribution is -2.24. The molecule has 0 amide bonds. The van der Waals surface area contributed by atoms with E-state index in [-0.39, 0.29) is 11.5 Å². The highest BCUT2D eigenvalue weighted by Crippen LogP contribution is 2.12. The van der Waals surface area contributed by atoms with Gasteiger partial charge >= 0.3 is 5.97 Å². The van der Waals surface area contributed by atoms with Crippen LogP contribution in [0, 0.1) is 0 Å². The van der Waals surface area contributed by atoms with Gasteiger partial charge in [-0.05, 0) is 13.0 Å². The van der Waals surface area contributed by atoms with Crippen LogP contribution in [0.4, 0.5) is 0 Å². The SMILES string of the molecule is CC(OC(=O)c1cc(Cl)c[nH]1)C(=O)c1ccccc1. The van der Waals surface area contributed by atoms with E-state index in [0.29, 0.717) is 10.6 Å². The Morgan fingerprint density at radius 3 is 2.53 bits per heavy atom. The van der Waals surface area contributed by atoms with E-state index in [0.717, 1.165) is 0 Å². The van der Waals surface area contributed by atoms with Gasteiger partial charge in [-0.3, -0.25) is 4.79 Å². The molecule has 4 nitrogen and oxygen atoms in total. The third-order valence-corrected chi connectivity index (χ3v) is 2.80. The average Bonchev–Trinajstić information content (AvgIpc) is 2.85. The van der Waals surface area contributed by atoms with Crippen molar-refractivity contribution in [2.75, 3.05) is 0 Å². The molecule has 0 aliphatic rings. The molecule has 0 spiro atoms. The predicted octanol–water partition coefficient (Wildman–Crippen LogP) is 3.10. The van der Waals surface area contributed by atoms with E-state index in [4.69, 9.17) is 16.3 Å². The number of aromatic nitrogens is 1. The molecule has 19 heavy (non-hydrogen) atoms. The third kappa shape index (κ3) is 3.23. The summed E-state index contributed by atoms with van der Waals surface area (Å²) in [5, 5.41) is 0.411. The second-order valence-electron chi connectivity index (χ2n) is 4.01. The minimum atomic E-state index is -0.850. The molecule has 0 radical (unpaired) electrons. The van der Waals surface area contributed by atoms with Crippen LogP contribution in [-0.4, -0.2) is 22.8 Å². The van der Waals surface area contributed by atoms with E-state index >= 15 is 0 Å². The van der Waals surface area contributed by atoms with Crippen molar-refractivity contribution in [3.63, 3.8) is 0 Å². The lowest BCUT2D eigenvalue weighted by molar-refractivity contribution is 0.0314. The number of benzene rings is 1. The van der Waals surface area contributed by atoms with Crippen LogP contribution in [0.2, 0.25) is 5.02 Å². The van der Waals surface area contributed by atoms with Crippen LogP contribution >= 0.6 is 11.6 Å². The number of ether oxygens (including phenoxy) is 1. The number of halogens is 1. The highest BCUT2D eigenvalue weighted by atomic mass is 35.5. The highest BCUT2D eigenvalue weighted by molar-refractivity contribution is 6.30. The van der Waals surface area contributed by atoms with Gasteiger partial charge in [-0.15, -0.1) is 0 Å². The van der Waals surface area contributed by atoms with Gasteiger partial charge in [0, 0.05) is 11.8 Å². The van der Waals surface area contributed by atoms with Crippen LogP contribution in [0.1, 0.15) is 27.8 Å². The Labute approximate surface area is 115 Å². The topological polar surface area (TPSA) is 59.2 Å².